The molecule has 1 aliphatic heterocycles. The molecule has 2 aromatic rings. The van der Waals surface area contributed by atoms with E-state index >= 15 is 0 Å². The minimum absolute atomic E-state index is 0.0582. The van der Waals surface area contributed by atoms with Crippen molar-refractivity contribution >= 4 is 5.91 Å². The monoisotopic (exact) mass is 514 g/mol. The molecule has 0 spiro atoms. The third kappa shape index (κ3) is 5.54. The second-order valence-electron chi connectivity index (χ2n) is 10.1. The van der Waals surface area contributed by atoms with Crippen molar-refractivity contribution in [3.8, 4) is 0 Å². The highest BCUT2D eigenvalue weighted by atomic mass is 19.4. The summed E-state index contributed by atoms with van der Waals surface area (Å²) in [5.41, 5.74) is 3.36. The summed E-state index contributed by atoms with van der Waals surface area (Å²) in [5.74, 6) is 0.0620. The molecule has 0 aromatic heterocycles. The minimum atomic E-state index is -4.93. The summed E-state index contributed by atoms with van der Waals surface area (Å²) < 4.78 is 85.7. The van der Waals surface area contributed by atoms with Gasteiger partial charge in [-0.3, -0.25) is 4.79 Å². The number of benzene rings is 2. The topological polar surface area (TPSA) is 55.6 Å². The molecule has 1 atom stereocenters. The van der Waals surface area contributed by atoms with Crippen LogP contribution in [0, 0.1) is 0 Å². The summed E-state index contributed by atoms with van der Waals surface area (Å²) in [6, 6.07) is 10.9. The van der Waals surface area contributed by atoms with Crippen LogP contribution < -0.4 is 5.73 Å². The van der Waals surface area contributed by atoms with Crippen molar-refractivity contribution in [2.24, 2.45) is 5.73 Å². The van der Waals surface area contributed by atoms with Gasteiger partial charge in [-0.1, -0.05) is 30.3 Å². The lowest BCUT2D eigenvalue weighted by Gasteiger charge is -2.56. The fourth-order valence-electron chi connectivity index (χ4n) is 5.43. The number of ether oxygens (including phenoxy) is 1. The Morgan fingerprint density at radius 2 is 1.58 bits per heavy atom. The maximum atomic E-state index is 13.3. The number of likely N-dealkylation sites (tertiary alicyclic amines) is 1. The van der Waals surface area contributed by atoms with Gasteiger partial charge in [-0.25, -0.2) is 0 Å². The van der Waals surface area contributed by atoms with Crippen LogP contribution in [-0.4, -0.2) is 36.0 Å². The van der Waals surface area contributed by atoms with Crippen molar-refractivity contribution in [1.82, 2.24) is 4.90 Å². The highest BCUT2D eigenvalue weighted by Crippen LogP contribution is 2.50. The average molecular weight is 515 g/mol. The Bertz CT molecular complexity index is 1060. The molecule has 1 heterocycles. The highest BCUT2D eigenvalue weighted by Gasteiger charge is 2.54. The number of nitrogens with zero attached hydrogens (tertiary/aromatic N) is 1. The second kappa shape index (κ2) is 9.37. The summed E-state index contributed by atoms with van der Waals surface area (Å²) in [6.07, 6.45) is -8.66. The molecule has 0 bridgehead atoms. The first-order valence-electron chi connectivity index (χ1n) is 11.7. The van der Waals surface area contributed by atoms with Crippen molar-refractivity contribution in [3.05, 3.63) is 70.8 Å². The van der Waals surface area contributed by atoms with Gasteiger partial charge in [0.05, 0.1) is 23.8 Å². The molecule has 1 saturated heterocycles. The van der Waals surface area contributed by atoms with E-state index in [0.717, 1.165) is 12.0 Å². The van der Waals surface area contributed by atoms with E-state index < -0.39 is 40.5 Å². The summed E-state index contributed by atoms with van der Waals surface area (Å²) >= 11 is 0. The zero-order valence-corrected chi connectivity index (χ0v) is 19.8. The van der Waals surface area contributed by atoms with E-state index in [1.165, 1.54) is 6.92 Å². The smallest absolute Gasteiger partial charge is 0.373 e. The van der Waals surface area contributed by atoms with E-state index in [0.29, 0.717) is 44.5 Å². The molecule has 2 aliphatic rings. The van der Waals surface area contributed by atoms with Crippen molar-refractivity contribution in [2.75, 3.05) is 19.7 Å². The molecule has 1 saturated carbocycles. The third-order valence-electron chi connectivity index (χ3n) is 7.13. The predicted octanol–water partition coefficient (Wildman–Crippen LogP) is 5.85. The van der Waals surface area contributed by atoms with E-state index in [2.05, 4.69) is 0 Å². The number of rotatable bonds is 7. The van der Waals surface area contributed by atoms with Crippen LogP contribution >= 0.6 is 0 Å². The average Bonchev–Trinajstić information content (AvgIpc) is 3.19. The fraction of sp³-hybridized carbons (Fsp3) is 0.500. The van der Waals surface area contributed by atoms with E-state index in [1.54, 1.807) is 4.90 Å². The lowest BCUT2D eigenvalue weighted by molar-refractivity contribution is -0.143. The Hall–Kier alpha value is -2.59. The molecule has 10 heteroatoms. The van der Waals surface area contributed by atoms with Gasteiger partial charge >= 0.3 is 12.4 Å². The number of amides is 1. The van der Waals surface area contributed by atoms with Crippen molar-refractivity contribution in [1.29, 1.82) is 0 Å². The van der Waals surface area contributed by atoms with Gasteiger partial charge < -0.3 is 15.4 Å². The number of alkyl halides is 6. The number of carbonyl (C=O) groups is 1. The van der Waals surface area contributed by atoms with Gasteiger partial charge in [0.15, 0.2) is 0 Å². The summed E-state index contributed by atoms with van der Waals surface area (Å²) in [5, 5.41) is 0. The van der Waals surface area contributed by atoms with Crippen molar-refractivity contribution < 1.29 is 35.9 Å². The molecular formula is C26H28F6N2O2. The van der Waals surface area contributed by atoms with Gasteiger partial charge in [-0.05, 0) is 55.5 Å². The number of halogens is 6. The van der Waals surface area contributed by atoms with Crippen LogP contribution in [0.5, 0.6) is 0 Å². The Kier molecular flexibility index (Phi) is 6.89. The van der Waals surface area contributed by atoms with Gasteiger partial charge in [0.2, 0.25) is 5.91 Å². The number of nitrogens with two attached hydrogens (primary N) is 1. The van der Waals surface area contributed by atoms with Crippen LogP contribution in [0.25, 0.3) is 0 Å². The first kappa shape index (κ1) is 26.5. The Morgan fingerprint density at radius 1 is 1.00 bits per heavy atom. The zero-order chi connectivity index (χ0) is 26.4. The summed E-state index contributed by atoms with van der Waals surface area (Å²) in [6.45, 7) is 2.55. The molecule has 196 valence electrons. The van der Waals surface area contributed by atoms with E-state index in [4.69, 9.17) is 10.5 Å². The highest BCUT2D eigenvalue weighted by molar-refractivity contribution is 5.78. The normalized spacial score (nSPS) is 25.7. The molecule has 1 unspecified atom stereocenters. The van der Waals surface area contributed by atoms with E-state index in [9.17, 15) is 31.1 Å². The second-order valence-corrected chi connectivity index (χ2v) is 10.1. The Labute approximate surface area is 205 Å². The molecule has 2 aromatic carbocycles. The van der Waals surface area contributed by atoms with Crippen LogP contribution in [-0.2, 0) is 27.3 Å². The summed E-state index contributed by atoms with van der Waals surface area (Å²) in [4.78, 5) is 13.8. The maximum Gasteiger partial charge on any atom is 0.416 e. The van der Waals surface area contributed by atoms with Gasteiger partial charge in [0.25, 0.3) is 0 Å². The summed E-state index contributed by atoms with van der Waals surface area (Å²) in [7, 11) is 0. The molecule has 2 N–H and O–H groups in total. The molecule has 1 aliphatic carbocycles. The van der Waals surface area contributed by atoms with E-state index in [-0.39, 0.29) is 24.1 Å². The number of hydrogen-bond acceptors (Lipinski definition) is 3. The molecule has 0 radical (unpaired) electrons. The molecule has 2 fully saturated rings. The minimum Gasteiger partial charge on any atom is -0.373 e. The molecule has 36 heavy (non-hydrogen) atoms. The molecule has 4 nitrogen and oxygen atoms in total. The van der Waals surface area contributed by atoms with Crippen LogP contribution in [0.3, 0.4) is 0 Å². The Balaban J connectivity index is 1.54. The van der Waals surface area contributed by atoms with Crippen LogP contribution in [0.2, 0.25) is 0 Å². The maximum absolute atomic E-state index is 13.3. The standard InChI is InChI=1S/C26H28F6N2O2/c1-17(18-10-20(25(27,28)29)12-21(11-18)26(30,31)32)36-16-23(19-6-3-2-4-7-19)13-24(33,14-23)15-34-9-5-8-22(34)35/h2-4,6-7,10-12,17H,5,8-9,13-16,33H2,1H3. The van der Waals surface area contributed by atoms with Crippen molar-refractivity contribution in [3.63, 3.8) is 0 Å². The van der Waals surface area contributed by atoms with Gasteiger partial charge in [0, 0.05) is 30.5 Å². The van der Waals surface area contributed by atoms with Gasteiger partial charge in [-0.15, -0.1) is 0 Å². The molecule has 1 amide bonds. The first-order valence-corrected chi connectivity index (χ1v) is 11.7. The lowest BCUT2D eigenvalue weighted by Crippen LogP contribution is -2.66. The van der Waals surface area contributed by atoms with Crippen LogP contribution in [0.4, 0.5) is 26.3 Å². The Morgan fingerprint density at radius 3 is 2.08 bits per heavy atom. The molecular weight excluding hydrogens is 486 g/mol. The molecule has 4 rings (SSSR count). The SMILES string of the molecule is CC(OCC1(c2ccccc2)CC(N)(CN2CCCC2=O)C1)c1cc(C(F)(F)F)cc(C(F)(F)F)c1. The van der Waals surface area contributed by atoms with E-state index in [1.807, 2.05) is 30.3 Å². The van der Waals surface area contributed by atoms with Gasteiger partial charge in [-0.2, -0.15) is 26.3 Å². The third-order valence-corrected chi connectivity index (χ3v) is 7.13. The number of carbonyl (C=O) groups excluding carboxylic acids is 1. The van der Waals surface area contributed by atoms with Crippen LogP contribution in [0.15, 0.2) is 48.5 Å². The van der Waals surface area contributed by atoms with Gasteiger partial charge in [0.1, 0.15) is 0 Å². The number of hydrogen-bond donors (Lipinski definition) is 1. The van der Waals surface area contributed by atoms with Crippen molar-refractivity contribution in [2.45, 2.75) is 62.0 Å². The fourth-order valence-corrected chi connectivity index (χ4v) is 5.43. The predicted molar refractivity (Wildman–Crippen MR) is 121 cm³/mol. The lowest BCUT2D eigenvalue weighted by atomic mass is 9.55. The quantitative estimate of drug-likeness (QED) is 0.472. The zero-order valence-electron chi connectivity index (χ0n) is 19.8. The first-order chi connectivity index (χ1) is 16.7. The largest absolute Gasteiger partial charge is 0.416 e. The van der Waals surface area contributed by atoms with Crippen LogP contribution in [0.1, 0.15) is 61.0 Å².